The van der Waals surface area contributed by atoms with Crippen molar-refractivity contribution in [1.82, 2.24) is 0 Å². The molecule has 1 aromatic rings. The van der Waals surface area contributed by atoms with Gasteiger partial charge in [0.2, 0.25) is 0 Å². The van der Waals surface area contributed by atoms with E-state index in [0.717, 1.165) is 12.0 Å². The summed E-state index contributed by atoms with van der Waals surface area (Å²) in [5, 5.41) is 0.603. The first kappa shape index (κ1) is 12.0. The van der Waals surface area contributed by atoms with Crippen molar-refractivity contribution < 1.29 is 9.53 Å². The van der Waals surface area contributed by atoms with E-state index in [9.17, 15) is 4.79 Å². The van der Waals surface area contributed by atoms with Gasteiger partial charge in [-0.15, -0.1) is 11.3 Å². The van der Waals surface area contributed by atoms with E-state index in [-0.39, 0.29) is 5.97 Å². The van der Waals surface area contributed by atoms with Crippen LogP contribution in [0.5, 0.6) is 5.75 Å². The lowest BCUT2D eigenvalue weighted by Gasteiger charge is -2.09. The average molecular weight is 227 g/mol. The number of carbonyl (C=O) groups is 1. The van der Waals surface area contributed by atoms with E-state index in [1.807, 2.05) is 0 Å². The van der Waals surface area contributed by atoms with Gasteiger partial charge in [-0.25, -0.2) is 0 Å². The van der Waals surface area contributed by atoms with Crippen molar-refractivity contribution in [3.8, 4) is 5.75 Å². The SMILES string of the molecule is CCc1sc(N)c(OC(C)=O)c1C(C)C. The monoisotopic (exact) mass is 227 g/mol. The number of rotatable bonds is 3. The molecule has 0 aliphatic rings. The van der Waals surface area contributed by atoms with Crippen LogP contribution in [0.1, 0.15) is 44.1 Å². The summed E-state index contributed by atoms with van der Waals surface area (Å²) in [5.41, 5.74) is 6.92. The van der Waals surface area contributed by atoms with Crippen LogP contribution in [0.25, 0.3) is 0 Å². The zero-order valence-electron chi connectivity index (χ0n) is 9.59. The van der Waals surface area contributed by atoms with Crippen molar-refractivity contribution in [3.05, 3.63) is 10.4 Å². The normalized spacial score (nSPS) is 10.7. The molecule has 0 saturated heterocycles. The maximum Gasteiger partial charge on any atom is 0.308 e. The Morgan fingerprint density at radius 2 is 2.13 bits per heavy atom. The number of thiophene rings is 1. The third kappa shape index (κ3) is 2.50. The lowest BCUT2D eigenvalue weighted by Crippen LogP contribution is -2.05. The van der Waals surface area contributed by atoms with Gasteiger partial charge in [0.1, 0.15) is 5.00 Å². The second kappa shape index (κ2) is 4.66. The first-order valence-electron chi connectivity index (χ1n) is 5.06. The van der Waals surface area contributed by atoms with E-state index in [1.165, 1.54) is 23.1 Å². The molecule has 0 atom stereocenters. The summed E-state index contributed by atoms with van der Waals surface area (Å²) in [7, 11) is 0. The average Bonchev–Trinajstić information content (AvgIpc) is 2.42. The van der Waals surface area contributed by atoms with Crippen molar-refractivity contribution in [3.63, 3.8) is 0 Å². The number of carbonyl (C=O) groups excluding carboxylic acids is 1. The smallest absolute Gasteiger partial charge is 0.308 e. The molecule has 4 heteroatoms. The summed E-state index contributed by atoms with van der Waals surface area (Å²) in [5.74, 6) is 0.575. The number of ether oxygens (including phenoxy) is 1. The van der Waals surface area contributed by atoms with Crippen LogP contribution in [0, 0.1) is 0 Å². The predicted octanol–water partition coefficient (Wildman–Crippen LogP) is 2.94. The van der Waals surface area contributed by atoms with Gasteiger partial charge < -0.3 is 10.5 Å². The largest absolute Gasteiger partial charge is 0.423 e. The van der Waals surface area contributed by atoms with Crippen LogP contribution in [0.4, 0.5) is 5.00 Å². The van der Waals surface area contributed by atoms with E-state index in [0.29, 0.717) is 16.7 Å². The quantitative estimate of drug-likeness (QED) is 0.808. The summed E-state index contributed by atoms with van der Waals surface area (Å²) < 4.78 is 5.17. The topological polar surface area (TPSA) is 52.3 Å². The van der Waals surface area contributed by atoms with Gasteiger partial charge >= 0.3 is 5.97 Å². The van der Waals surface area contributed by atoms with Crippen molar-refractivity contribution in [2.45, 2.75) is 40.0 Å². The molecule has 3 nitrogen and oxygen atoms in total. The minimum atomic E-state index is -0.316. The highest BCUT2D eigenvalue weighted by atomic mass is 32.1. The Bertz CT molecular complexity index is 369. The van der Waals surface area contributed by atoms with Crippen LogP contribution in [-0.2, 0) is 11.2 Å². The highest BCUT2D eigenvalue weighted by molar-refractivity contribution is 7.16. The van der Waals surface area contributed by atoms with Crippen LogP contribution < -0.4 is 10.5 Å². The van der Waals surface area contributed by atoms with Gasteiger partial charge in [0, 0.05) is 17.4 Å². The van der Waals surface area contributed by atoms with Gasteiger partial charge in [0.25, 0.3) is 0 Å². The van der Waals surface area contributed by atoms with Crippen molar-refractivity contribution in [1.29, 1.82) is 0 Å². The lowest BCUT2D eigenvalue weighted by molar-refractivity contribution is -0.131. The summed E-state index contributed by atoms with van der Waals surface area (Å²) >= 11 is 1.51. The third-order valence-electron chi connectivity index (χ3n) is 2.15. The van der Waals surface area contributed by atoms with E-state index >= 15 is 0 Å². The number of esters is 1. The standard InChI is InChI=1S/C11H17NO2S/c1-5-8-9(6(2)3)10(11(12)15-8)14-7(4)13/h6H,5,12H2,1-4H3. The molecule has 0 aromatic carbocycles. The molecule has 0 unspecified atom stereocenters. The van der Waals surface area contributed by atoms with Crippen molar-refractivity contribution in [2.24, 2.45) is 0 Å². The molecule has 0 saturated carbocycles. The molecular weight excluding hydrogens is 210 g/mol. The van der Waals surface area contributed by atoms with Crippen LogP contribution in [0.2, 0.25) is 0 Å². The molecule has 2 N–H and O–H groups in total. The molecule has 0 radical (unpaired) electrons. The number of hydrogen-bond acceptors (Lipinski definition) is 4. The fourth-order valence-corrected chi connectivity index (χ4v) is 2.68. The molecule has 0 spiro atoms. The molecule has 0 aliphatic carbocycles. The van der Waals surface area contributed by atoms with E-state index in [2.05, 4.69) is 20.8 Å². The van der Waals surface area contributed by atoms with E-state index in [1.54, 1.807) is 0 Å². The van der Waals surface area contributed by atoms with Crippen molar-refractivity contribution >= 4 is 22.3 Å². The predicted molar refractivity (Wildman–Crippen MR) is 63.5 cm³/mol. The molecule has 0 aliphatic heterocycles. The van der Waals surface area contributed by atoms with Crippen LogP contribution in [-0.4, -0.2) is 5.97 Å². The molecule has 0 bridgehead atoms. The second-order valence-electron chi connectivity index (χ2n) is 3.73. The molecular formula is C11H17NO2S. The van der Waals surface area contributed by atoms with E-state index < -0.39 is 0 Å². The van der Waals surface area contributed by atoms with Gasteiger partial charge in [-0.1, -0.05) is 20.8 Å². The zero-order valence-corrected chi connectivity index (χ0v) is 10.4. The number of aryl methyl sites for hydroxylation is 1. The summed E-state index contributed by atoms with van der Waals surface area (Å²) in [6.07, 6.45) is 0.920. The fourth-order valence-electron chi connectivity index (χ4n) is 1.59. The van der Waals surface area contributed by atoms with Gasteiger partial charge in [-0.2, -0.15) is 0 Å². The minimum Gasteiger partial charge on any atom is -0.423 e. The second-order valence-corrected chi connectivity index (χ2v) is 4.87. The number of nitrogens with two attached hydrogens (primary N) is 1. The number of nitrogen functional groups attached to an aromatic ring is 1. The Kier molecular flexibility index (Phi) is 3.74. The Labute approximate surface area is 94.2 Å². The van der Waals surface area contributed by atoms with Gasteiger partial charge in [-0.05, 0) is 12.3 Å². The molecule has 1 heterocycles. The summed E-state index contributed by atoms with van der Waals surface area (Å²) in [4.78, 5) is 12.2. The van der Waals surface area contributed by atoms with Crippen molar-refractivity contribution in [2.75, 3.05) is 5.73 Å². The molecule has 0 fully saturated rings. The van der Waals surface area contributed by atoms with Crippen LogP contribution in [0.15, 0.2) is 0 Å². The molecule has 84 valence electrons. The van der Waals surface area contributed by atoms with Gasteiger partial charge in [0.15, 0.2) is 5.75 Å². The number of anilines is 1. The third-order valence-corrected chi connectivity index (χ3v) is 3.31. The van der Waals surface area contributed by atoms with Gasteiger partial charge in [-0.3, -0.25) is 4.79 Å². The highest BCUT2D eigenvalue weighted by Crippen LogP contribution is 2.42. The number of hydrogen-bond donors (Lipinski definition) is 1. The molecule has 1 aromatic heterocycles. The van der Waals surface area contributed by atoms with E-state index in [4.69, 9.17) is 10.5 Å². The first-order valence-corrected chi connectivity index (χ1v) is 5.88. The highest BCUT2D eigenvalue weighted by Gasteiger charge is 2.20. The Balaban J connectivity index is 3.22. The molecule has 1 rings (SSSR count). The first-order chi connectivity index (χ1) is 6.97. The maximum absolute atomic E-state index is 11.0. The molecule has 15 heavy (non-hydrogen) atoms. The lowest BCUT2D eigenvalue weighted by atomic mass is 10.0. The summed E-state index contributed by atoms with van der Waals surface area (Å²) in [6, 6.07) is 0. The Hall–Kier alpha value is -1.03. The maximum atomic E-state index is 11.0. The fraction of sp³-hybridized carbons (Fsp3) is 0.545. The van der Waals surface area contributed by atoms with Gasteiger partial charge in [0.05, 0.1) is 0 Å². The Morgan fingerprint density at radius 1 is 1.53 bits per heavy atom. The van der Waals surface area contributed by atoms with Crippen LogP contribution in [0.3, 0.4) is 0 Å². The summed E-state index contributed by atoms with van der Waals surface area (Å²) in [6.45, 7) is 7.63. The Morgan fingerprint density at radius 3 is 2.53 bits per heavy atom. The van der Waals surface area contributed by atoms with Crippen LogP contribution >= 0.6 is 11.3 Å². The minimum absolute atomic E-state index is 0.316. The zero-order chi connectivity index (χ0) is 11.6. The molecule has 0 amide bonds.